The van der Waals surface area contributed by atoms with Crippen molar-refractivity contribution in [2.45, 2.75) is 31.7 Å². The molecule has 0 amide bonds. The van der Waals surface area contributed by atoms with Crippen molar-refractivity contribution in [3.05, 3.63) is 24.2 Å². The van der Waals surface area contributed by atoms with Gasteiger partial charge in [-0.15, -0.1) is 0 Å². The van der Waals surface area contributed by atoms with E-state index < -0.39 is 0 Å². The fourth-order valence-electron chi connectivity index (χ4n) is 3.89. The van der Waals surface area contributed by atoms with Gasteiger partial charge in [0, 0.05) is 31.8 Å². The molecule has 22 heavy (non-hydrogen) atoms. The Kier molecular flexibility index (Phi) is 3.84. The van der Waals surface area contributed by atoms with Crippen LogP contribution in [-0.2, 0) is 11.3 Å². The molecule has 118 valence electrons. The number of aromatic nitrogens is 3. The molecular weight excluding hydrogens is 276 g/mol. The molecule has 2 aromatic heterocycles. The van der Waals surface area contributed by atoms with Crippen LogP contribution in [0.1, 0.15) is 31.0 Å². The van der Waals surface area contributed by atoms with Gasteiger partial charge in [0.2, 0.25) is 0 Å². The van der Waals surface area contributed by atoms with Gasteiger partial charge in [-0.1, -0.05) is 0 Å². The number of nitrogens with zero attached hydrogens (tertiary/aromatic N) is 4. The lowest BCUT2D eigenvalue weighted by molar-refractivity contribution is 0.187. The number of ether oxygens (including phenoxy) is 1. The Morgan fingerprint density at radius 3 is 3.14 bits per heavy atom. The molecule has 0 bridgehead atoms. The zero-order chi connectivity index (χ0) is 14.9. The van der Waals surface area contributed by atoms with Gasteiger partial charge < -0.3 is 14.2 Å². The molecule has 5 heteroatoms. The zero-order valence-electron chi connectivity index (χ0n) is 13.2. The van der Waals surface area contributed by atoms with Crippen molar-refractivity contribution < 1.29 is 4.74 Å². The van der Waals surface area contributed by atoms with Crippen molar-refractivity contribution in [2.24, 2.45) is 5.92 Å². The highest BCUT2D eigenvalue weighted by Gasteiger charge is 2.27. The minimum Gasteiger partial charge on any atom is -0.381 e. The van der Waals surface area contributed by atoms with Crippen molar-refractivity contribution in [1.82, 2.24) is 19.4 Å². The summed E-state index contributed by atoms with van der Waals surface area (Å²) in [5.74, 6) is 2.30. The average Bonchev–Trinajstić information content (AvgIpc) is 3.15. The van der Waals surface area contributed by atoms with Crippen LogP contribution >= 0.6 is 0 Å². The molecule has 2 aromatic rings. The van der Waals surface area contributed by atoms with Gasteiger partial charge in [-0.25, -0.2) is 9.97 Å². The molecule has 2 saturated heterocycles. The third kappa shape index (κ3) is 2.63. The van der Waals surface area contributed by atoms with E-state index in [2.05, 4.69) is 27.6 Å². The SMILES string of the molecule is CN1CCCC(Cn2c(C3CCOC3)nc3cccnc32)C1. The highest BCUT2D eigenvalue weighted by molar-refractivity contribution is 5.71. The van der Waals surface area contributed by atoms with E-state index in [0.717, 1.165) is 37.3 Å². The van der Waals surface area contributed by atoms with E-state index in [9.17, 15) is 0 Å². The zero-order valence-corrected chi connectivity index (χ0v) is 13.2. The highest BCUT2D eigenvalue weighted by atomic mass is 16.5. The maximum absolute atomic E-state index is 5.59. The van der Waals surface area contributed by atoms with Crippen molar-refractivity contribution in [3.8, 4) is 0 Å². The monoisotopic (exact) mass is 300 g/mol. The molecule has 0 radical (unpaired) electrons. The van der Waals surface area contributed by atoms with Crippen LogP contribution in [0.3, 0.4) is 0 Å². The fourth-order valence-corrected chi connectivity index (χ4v) is 3.89. The van der Waals surface area contributed by atoms with Crippen molar-refractivity contribution in [2.75, 3.05) is 33.4 Å². The smallest absolute Gasteiger partial charge is 0.160 e. The molecule has 0 aliphatic carbocycles. The molecule has 5 nitrogen and oxygen atoms in total. The molecule has 2 atom stereocenters. The first-order valence-electron chi connectivity index (χ1n) is 8.38. The maximum atomic E-state index is 5.59. The van der Waals surface area contributed by atoms with Gasteiger partial charge in [0.25, 0.3) is 0 Å². The van der Waals surface area contributed by atoms with Gasteiger partial charge >= 0.3 is 0 Å². The van der Waals surface area contributed by atoms with E-state index in [0.29, 0.717) is 11.8 Å². The minimum atomic E-state index is 0.426. The second-order valence-electron chi connectivity index (χ2n) is 6.76. The second kappa shape index (κ2) is 5.97. The van der Waals surface area contributed by atoms with E-state index in [4.69, 9.17) is 9.72 Å². The third-order valence-corrected chi connectivity index (χ3v) is 4.99. The van der Waals surface area contributed by atoms with Crippen LogP contribution in [-0.4, -0.2) is 52.8 Å². The topological polar surface area (TPSA) is 43.2 Å². The van der Waals surface area contributed by atoms with E-state index in [1.165, 1.54) is 31.8 Å². The summed E-state index contributed by atoms with van der Waals surface area (Å²) in [6.45, 7) is 5.08. The Labute approximate surface area is 131 Å². The normalized spacial score (nSPS) is 26.8. The molecule has 4 heterocycles. The van der Waals surface area contributed by atoms with Crippen molar-refractivity contribution in [3.63, 3.8) is 0 Å². The van der Waals surface area contributed by atoms with Gasteiger partial charge in [0.05, 0.1) is 6.61 Å². The number of fused-ring (bicyclic) bond motifs is 1. The predicted molar refractivity (Wildman–Crippen MR) is 85.9 cm³/mol. The summed E-state index contributed by atoms with van der Waals surface area (Å²) in [6.07, 6.45) is 5.55. The van der Waals surface area contributed by atoms with Crippen LogP contribution in [0.4, 0.5) is 0 Å². The lowest BCUT2D eigenvalue weighted by atomic mass is 9.98. The second-order valence-corrected chi connectivity index (χ2v) is 6.76. The van der Waals surface area contributed by atoms with E-state index in [1.54, 1.807) is 0 Å². The van der Waals surface area contributed by atoms with Crippen LogP contribution in [0.15, 0.2) is 18.3 Å². The fraction of sp³-hybridized carbons (Fsp3) is 0.647. The lowest BCUT2D eigenvalue weighted by Gasteiger charge is -2.30. The molecule has 0 spiro atoms. The predicted octanol–water partition coefficient (Wildman–Crippen LogP) is 2.28. The number of imidazole rings is 1. The van der Waals surface area contributed by atoms with Crippen LogP contribution in [0.5, 0.6) is 0 Å². The van der Waals surface area contributed by atoms with Crippen LogP contribution in [0, 0.1) is 5.92 Å². The molecule has 2 unspecified atom stereocenters. The quantitative estimate of drug-likeness (QED) is 0.872. The Hall–Kier alpha value is -1.46. The molecule has 2 fully saturated rings. The summed E-state index contributed by atoms with van der Waals surface area (Å²) >= 11 is 0. The number of likely N-dealkylation sites (tertiary alicyclic amines) is 1. The molecular formula is C17H24N4O. The largest absolute Gasteiger partial charge is 0.381 e. The van der Waals surface area contributed by atoms with Gasteiger partial charge in [-0.3, -0.25) is 0 Å². The minimum absolute atomic E-state index is 0.426. The standard InChI is InChI=1S/C17H24N4O/c1-20-8-3-4-13(10-20)11-21-16(14-6-9-22-12-14)19-15-5-2-7-18-17(15)21/h2,5,7,13-14H,3-4,6,8-12H2,1H3. The molecule has 2 aliphatic rings. The van der Waals surface area contributed by atoms with E-state index in [1.807, 2.05) is 12.3 Å². The molecule has 2 aliphatic heterocycles. The lowest BCUT2D eigenvalue weighted by Crippen LogP contribution is -2.34. The van der Waals surface area contributed by atoms with Gasteiger partial charge in [-0.2, -0.15) is 0 Å². The highest BCUT2D eigenvalue weighted by Crippen LogP contribution is 2.29. The van der Waals surface area contributed by atoms with Crippen LogP contribution < -0.4 is 0 Å². The van der Waals surface area contributed by atoms with Crippen LogP contribution in [0.2, 0.25) is 0 Å². The number of hydrogen-bond acceptors (Lipinski definition) is 4. The number of piperidine rings is 1. The summed E-state index contributed by atoms with van der Waals surface area (Å²) < 4.78 is 7.96. The van der Waals surface area contributed by atoms with E-state index in [-0.39, 0.29) is 0 Å². The van der Waals surface area contributed by atoms with Gasteiger partial charge in [0.15, 0.2) is 5.65 Å². The van der Waals surface area contributed by atoms with Gasteiger partial charge in [0.1, 0.15) is 11.3 Å². The molecule has 0 saturated carbocycles. The molecule has 4 rings (SSSR count). The molecule has 0 aromatic carbocycles. The average molecular weight is 300 g/mol. The first-order valence-corrected chi connectivity index (χ1v) is 8.38. The van der Waals surface area contributed by atoms with E-state index >= 15 is 0 Å². The summed E-state index contributed by atoms with van der Waals surface area (Å²) in [7, 11) is 2.22. The summed E-state index contributed by atoms with van der Waals surface area (Å²) in [5.41, 5.74) is 2.06. The summed E-state index contributed by atoms with van der Waals surface area (Å²) in [4.78, 5) is 11.9. The molecule has 0 N–H and O–H groups in total. The first-order chi connectivity index (χ1) is 10.8. The Morgan fingerprint density at radius 2 is 2.32 bits per heavy atom. The summed E-state index contributed by atoms with van der Waals surface area (Å²) in [6, 6.07) is 4.05. The Morgan fingerprint density at radius 1 is 1.36 bits per heavy atom. The number of rotatable bonds is 3. The Bertz CT molecular complexity index is 647. The van der Waals surface area contributed by atoms with Crippen molar-refractivity contribution >= 4 is 11.2 Å². The van der Waals surface area contributed by atoms with Gasteiger partial charge in [-0.05, 0) is 50.9 Å². The number of pyridine rings is 1. The third-order valence-electron chi connectivity index (χ3n) is 4.99. The van der Waals surface area contributed by atoms with Crippen molar-refractivity contribution in [1.29, 1.82) is 0 Å². The first kappa shape index (κ1) is 14.2. The van der Waals surface area contributed by atoms with Crippen LogP contribution in [0.25, 0.3) is 11.2 Å². The number of hydrogen-bond donors (Lipinski definition) is 0. The maximum Gasteiger partial charge on any atom is 0.160 e. The Balaban J connectivity index is 1.68. The summed E-state index contributed by atoms with van der Waals surface area (Å²) in [5, 5.41) is 0.